The van der Waals surface area contributed by atoms with Crippen LogP contribution in [-0.2, 0) is 19.4 Å². The van der Waals surface area contributed by atoms with Crippen molar-refractivity contribution in [2.75, 3.05) is 32.1 Å². The summed E-state index contributed by atoms with van der Waals surface area (Å²) in [5.74, 6) is -0.359. The first-order valence-electron chi connectivity index (χ1n) is 17.6. The molecule has 4 N–H and O–H groups in total. The molecular weight excluding hydrogens is 578 g/mol. The first-order chi connectivity index (χ1) is 20.8. The summed E-state index contributed by atoms with van der Waals surface area (Å²) in [5.41, 5.74) is 0. The van der Waals surface area contributed by atoms with Gasteiger partial charge in [-0.3, -0.25) is 9.59 Å². The van der Waals surface area contributed by atoms with Crippen molar-refractivity contribution in [3.63, 3.8) is 0 Å². The van der Waals surface area contributed by atoms with Crippen molar-refractivity contribution in [2.24, 2.45) is 29.6 Å². The molecule has 0 saturated heterocycles. The molecule has 3 aliphatic carbocycles. The Balaban J connectivity index is 1.75. The molecule has 0 spiro atoms. The summed E-state index contributed by atoms with van der Waals surface area (Å²) < 4.78 is 26.2. The normalized spacial score (nSPS) is 22.4. The fraction of sp³-hybridized carbons (Fsp3) is 0.941. The van der Waals surface area contributed by atoms with Crippen molar-refractivity contribution < 1.29 is 28.2 Å². The smallest absolute Gasteiger partial charge is 0.242 e. The van der Waals surface area contributed by atoms with Gasteiger partial charge in [0.2, 0.25) is 11.8 Å². The second-order valence-electron chi connectivity index (χ2n) is 15.1. The molecule has 44 heavy (non-hydrogen) atoms. The fourth-order valence-corrected chi connectivity index (χ4v) is 8.95. The van der Waals surface area contributed by atoms with Crippen LogP contribution >= 0.6 is 0 Å². The van der Waals surface area contributed by atoms with E-state index in [4.69, 9.17) is 0 Å². The number of sulfone groups is 1. The summed E-state index contributed by atoms with van der Waals surface area (Å²) in [4.78, 5) is 29.6. The lowest BCUT2D eigenvalue weighted by Gasteiger charge is -2.34. The van der Waals surface area contributed by atoms with Crippen molar-refractivity contribution in [1.29, 1.82) is 0 Å². The highest BCUT2D eigenvalue weighted by atomic mass is 32.2. The van der Waals surface area contributed by atoms with Gasteiger partial charge in [-0.15, -0.1) is 0 Å². The zero-order valence-electron chi connectivity index (χ0n) is 28.0. The standard InChI is InChI=1S/C34H63N3O6S/c1-24(2)19-31(38)32(39)29(21-26-13-9-6-10-14-26)35-34(41)30(22-27-15-16-27)36-33(40)28(20-25-11-7-5-8-12-25)23-44(42,43)18-17-37(3)4/h24-32,38-39H,5-23H2,1-4H3,(H,35,41)(H,36,40)/t28-,29+,30+,31+,32-/m1/s1. The van der Waals surface area contributed by atoms with Crippen LogP contribution in [0.25, 0.3) is 0 Å². The molecule has 0 unspecified atom stereocenters. The van der Waals surface area contributed by atoms with Gasteiger partial charge in [0.25, 0.3) is 0 Å². The van der Waals surface area contributed by atoms with Crippen LogP contribution in [0, 0.1) is 29.6 Å². The summed E-state index contributed by atoms with van der Waals surface area (Å²) in [7, 11) is 0.204. The van der Waals surface area contributed by atoms with Crippen LogP contribution in [0.15, 0.2) is 0 Å². The minimum absolute atomic E-state index is 0.000125. The minimum Gasteiger partial charge on any atom is -0.390 e. The Labute approximate surface area is 267 Å². The molecule has 2 amide bonds. The molecular formula is C34H63N3O6S. The average Bonchev–Trinajstić information content (AvgIpc) is 3.79. The van der Waals surface area contributed by atoms with E-state index in [1.807, 2.05) is 32.8 Å². The molecule has 0 radical (unpaired) electrons. The Morgan fingerprint density at radius 2 is 1.32 bits per heavy atom. The first kappa shape index (κ1) is 37.2. The van der Waals surface area contributed by atoms with Gasteiger partial charge in [0.1, 0.15) is 12.1 Å². The third-order valence-electron chi connectivity index (χ3n) is 10.1. The third kappa shape index (κ3) is 13.6. The lowest BCUT2D eigenvalue weighted by atomic mass is 9.82. The van der Waals surface area contributed by atoms with Gasteiger partial charge in [-0.1, -0.05) is 90.9 Å². The quantitative estimate of drug-likeness (QED) is 0.167. The van der Waals surface area contributed by atoms with E-state index in [1.54, 1.807) is 0 Å². The second-order valence-corrected chi connectivity index (χ2v) is 17.4. The van der Waals surface area contributed by atoms with Crippen LogP contribution in [-0.4, -0.2) is 91.8 Å². The molecule has 5 atom stereocenters. The Bertz CT molecular complexity index is 973. The summed E-state index contributed by atoms with van der Waals surface area (Å²) in [6.45, 7) is 4.40. The summed E-state index contributed by atoms with van der Waals surface area (Å²) >= 11 is 0. The molecule has 0 aliphatic heterocycles. The number of hydrogen-bond acceptors (Lipinski definition) is 7. The maximum atomic E-state index is 13.9. The number of carbonyl (C=O) groups is 2. The average molecular weight is 642 g/mol. The topological polar surface area (TPSA) is 136 Å². The van der Waals surface area contributed by atoms with Crippen LogP contribution in [0.4, 0.5) is 0 Å². The van der Waals surface area contributed by atoms with Crippen LogP contribution < -0.4 is 10.6 Å². The highest BCUT2D eigenvalue weighted by molar-refractivity contribution is 7.91. The van der Waals surface area contributed by atoms with Gasteiger partial charge in [-0.05, 0) is 63.5 Å². The molecule has 3 saturated carbocycles. The fourth-order valence-electron chi connectivity index (χ4n) is 7.24. The Kier molecular flexibility index (Phi) is 15.4. The Morgan fingerprint density at radius 3 is 1.84 bits per heavy atom. The molecule has 3 aliphatic rings. The lowest BCUT2D eigenvalue weighted by molar-refractivity contribution is -0.132. The van der Waals surface area contributed by atoms with Gasteiger partial charge < -0.3 is 25.7 Å². The zero-order valence-corrected chi connectivity index (χ0v) is 28.8. The predicted octanol–water partition coefficient (Wildman–Crippen LogP) is 4.06. The van der Waals surface area contributed by atoms with Gasteiger partial charge in [0.05, 0.1) is 29.6 Å². The maximum Gasteiger partial charge on any atom is 0.242 e. The van der Waals surface area contributed by atoms with E-state index in [0.717, 1.165) is 64.2 Å². The maximum absolute atomic E-state index is 13.9. The molecule has 3 rings (SSSR count). The minimum atomic E-state index is -3.47. The van der Waals surface area contributed by atoms with E-state index < -0.39 is 40.0 Å². The van der Waals surface area contributed by atoms with E-state index in [1.165, 1.54) is 12.8 Å². The number of nitrogens with zero attached hydrogens (tertiary/aromatic N) is 1. The number of carbonyl (C=O) groups excluding carboxylic acids is 2. The van der Waals surface area contributed by atoms with Crippen molar-refractivity contribution in [1.82, 2.24) is 15.5 Å². The predicted molar refractivity (Wildman–Crippen MR) is 176 cm³/mol. The molecule has 0 heterocycles. The number of nitrogens with one attached hydrogen (secondary N) is 2. The van der Waals surface area contributed by atoms with Gasteiger partial charge in [-0.25, -0.2) is 8.42 Å². The van der Waals surface area contributed by atoms with E-state index in [-0.39, 0.29) is 29.2 Å². The van der Waals surface area contributed by atoms with Gasteiger partial charge in [-0.2, -0.15) is 0 Å². The van der Waals surface area contributed by atoms with Crippen LogP contribution in [0.2, 0.25) is 0 Å². The molecule has 0 aromatic rings. The zero-order chi connectivity index (χ0) is 32.3. The number of aliphatic hydroxyl groups excluding tert-OH is 2. The van der Waals surface area contributed by atoms with Crippen LogP contribution in [0.1, 0.15) is 117 Å². The Morgan fingerprint density at radius 1 is 0.773 bits per heavy atom. The van der Waals surface area contributed by atoms with E-state index in [2.05, 4.69) is 10.6 Å². The largest absolute Gasteiger partial charge is 0.390 e. The van der Waals surface area contributed by atoms with Gasteiger partial charge in [0, 0.05) is 6.54 Å². The summed E-state index contributed by atoms with van der Waals surface area (Å²) in [6.07, 6.45) is 13.0. The monoisotopic (exact) mass is 641 g/mol. The first-order valence-corrected chi connectivity index (χ1v) is 19.5. The number of rotatable bonds is 19. The molecule has 0 bridgehead atoms. The van der Waals surface area contributed by atoms with Crippen LogP contribution in [0.3, 0.4) is 0 Å². The van der Waals surface area contributed by atoms with Crippen molar-refractivity contribution in [2.45, 2.75) is 141 Å². The lowest BCUT2D eigenvalue weighted by Crippen LogP contribution is -2.56. The molecule has 3 fully saturated rings. The molecule has 0 aromatic carbocycles. The van der Waals surface area contributed by atoms with Gasteiger partial charge in [0.15, 0.2) is 9.84 Å². The molecule has 9 nitrogen and oxygen atoms in total. The summed E-state index contributed by atoms with van der Waals surface area (Å²) in [5, 5.41) is 28.1. The van der Waals surface area contributed by atoms with E-state index >= 15 is 0 Å². The number of aliphatic hydroxyl groups is 2. The Hall–Kier alpha value is -1.23. The molecule has 256 valence electrons. The second kappa shape index (κ2) is 18.2. The molecule has 0 aromatic heterocycles. The third-order valence-corrected chi connectivity index (χ3v) is 11.8. The van der Waals surface area contributed by atoms with Crippen molar-refractivity contribution in [3.8, 4) is 0 Å². The summed E-state index contributed by atoms with van der Waals surface area (Å²) in [6, 6.07) is -1.40. The number of amides is 2. The molecule has 10 heteroatoms. The van der Waals surface area contributed by atoms with E-state index in [0.29, 0.717) is 50.0 Å². The van der Waals surface area contributed by atoms with Crippen molar-refractivity contribution in [3.05, 3.63) is 0 Å². The van der Waals surface area contributed by atoms with Crippen LogP contribution in [0.5, 0.6) is 0 Å². The van der Waals surface area contributed by atoms with Gasteiger partial charge >= 0.3 is 0 Å². The highest BCUT2D eigenvalue weighted by Gasteiger charge is 2.37. The highest BCUT2D eigenvalue weighted by Crippen LogP contribution is 2.35. The number of hydrogen-bond donors (Lipinski definition) is 4. The van der Waals surface area contributed by atoms with E-state index in [9.17, 15) is 28.2 Å². The SMILES string of the molecule is CC(C)C[C@H](O)[C@H](O)[C@H](CC1CCCCC1)NC(=O)[C@H](CC1CC1)NC(=O)[C@H](CC1CCCCC1)CS(=O)(=O)CCN(C)C. The van der Waals surface area contributed by atoms with Crippen molar-refractivity contribution >= 4 is 21.7 Å².